The Morgan fingerprint density at radius 3 is 2.70 bits per heavy atom. The van der Waals surface area contributed by atoms with Crippen LogP contribution in [0.15, 0.2) is 53.8 Å². The fraction of sp³-hybridized carbons (Fsp3) is 0.400. The number of halogens is 1. The van der Waals surface area contributed by atoms with E-state index in [1.807, 2.05) is 48.5 Å². The summed E-state index contributed by atoms with van der Waals surface area (Å²) in [5, 5.41) is 7.19. The largest absolute Gasteiger partial charge is 0.369 e. The molecule has 0 saturated carbocycles. The molecule has 7 heteroatoms. The maximum absolute atomic E-state index is 11.0. The van der Waals surface area contributed by atoms with Crippen molar-refractivity contribution in [2.75, 3.05) is 51.2 Å². The average molecular weight is 388 g/mol. The summed E-state index contributed by atoms with van der Waals surface area (Å²) in [5.41, 5.74) is 1.84. The molecule has 2 aromatic rings. The van der Waals surface area contributed by atoms with Gasteiger partial charge in [-0.25, -0.2) is 0 Å². The first-order chi connectivity index (χ1) is 13.2. The van der Waals surface area contributed by atoms with Gasteiger partial charge in [-0.05, 0) is 36.8 Å². The van der Waals surface area contributed by atoms with Crippen molar-refractivity contribution in [3.05, 3.63) is 59.2 Å². The normalized spacial score (nSPS) is 15.8. The van der Waals surface area contributed by atoms with Crippen LogP contribution >= 0.6 is 11.6 Å². The number of anilines is 1. The van der Waals surface area contributed by atoms with E-state index >= 15 is 0 Å². The van der Waals surface area contributed by atoms with Gasteiger partial charge in [-0.15, -0.1) is 0 Å². The highest BCUT2D eigenvalue weighted by Gasteiger charge is 2.17. The van der Waals surface area contributed by atoms with Crippen LogP contribution < -0.4 is 10.4 Å². The van der Waals surface area contributed by atoms with Crippen molar-refractivity contribution in [3.63, 3.8) is 0 Å². The Morgan fingerprint density at radius 1 is 1.15 bits per heavy atom. The number of nitrogens with zero attached hydrogens (tertiary/aromatic N) is 5. The summed E-state index contributed by atoms with van der Waals surface area (Å²) in [7, 11) is 1.94. The average Bonchev–Trinajstić information content (AvgIpc) is 2.69. The third kappa shape index (κ3) is 5.58. The third-order valence-electron chi connectivity index (χ3n) is 4.76. The Balaban J connectivity index is 1.43. The maximum atomic E-state index is 11.0. The van der Waals surface area contributed by atoms with Gasteiger partial charge in [0.05, 0.1) is 0 Å². The van der Waals surface area contributed by atoms with E-state index < -0.39 is 0 Å². The lowest BCUT2D eigenvalue weighted by Crippen LogP contribution is -2.47. The van der Waals surface area contributed by atoms with Crippen LogP contribution in [0.25, 0.3) is 0 Å². The van der Waals surface area contributed by atoms with Crippen LogP contribution in [0.2, 0.25) is 5.02 Å². The molecule has 0 amide bonds. The number of aromatic nitrogens is 1. The Morgan fingerprint density at radius 2 is 1.96 bits per heavy atom. The maximum Gasteiger partial charge on any atom is 0.219 e. The number of hydrogen-bond acceptors (Lipinski definition) is 5. The molecule has 1 aromatic heterocycles. The van der Waals surface area contributed by atoms with Crippen LogP contribution in [-0.4, -0.2) is 67.2 Å². The van der Waals surface area contributed by atoms with Gasteiger partial charge < -0.3 is 4.90 Å². The monoisotopic (exact) mass is 387 g/mol. The molecule has 0 radical (unpaired) electrons. The smallest absolute Gasteiger partial charge is 0.219 e. The summed E-state index contributed by atoms with van der Waals surface area (Å²) in [6, 6.07) is 13.6. The van der Waals surface area contributed by atoms with Crippen LogP contribution in [0.5, 0.6) is 0 Å². The fourth-order valence-electron chi connectivity index (χ4n) is 3.27. The third-order valence-corrected chi connectivity index (χ3v) is 4.99. The van der Waals surface area contributed by atoms with Crippen molar-refractivity contribution in [1.29, 1.82) is 0 Å². The number of rotatable bonds is 7. The van der Waals surface area contributed by atoms with Crippen LogP contribution in [0, 0.1) is 0 Å². The molecule has 3 rings (SSSR count). The fourth-order valence-corrected chi connectivity index (χ4v) is 3.46. The molecule has 2 heterocycles. The first-order valence-corrected chi connectivity index (χ1v) is 9.64. The molecular weight excluding hydrogens is 362 g/mol. The van der Waals surface area contributed by atoms with E-state index in [1.54, 1.807) is 6.20 Å². The second-order valence-corrected chi connectivity index (χ2v) is 7.15. The Bertz CT molecular complexity index is 814. The van der Waals surface area contributed by atoms with E-state index in [-0.39, 0.29) is 0 Å². The predicted octanol–water partition coefficient (Wildman–Crippen LogP) is 2.14. The van der Waals surface area contributed by atoms with Gasteiger partial charge in [-0.3, -0.25) is 19.3 Å². The van der Waals surface area contributed by atoms with Gasteiger partial charge in [0.15, 0.2) is 5.49 Å². The Kier molecular flexibility index (Phi) is 6.90. The molecule has 144 valence electrons. The molecular formula is C20H26ClN5O. The van der Waals surface area contributed by atoms with Gasteiger partial charge in [-0.1, -0.05) is 23.7 Å². The predicted molar refractivity (Wildman–Crippen MR) is 109 cm³/mol. The zero-order chi connectivity index (χ0) is 19.1. The Hall–Kier alpha value is -2.31. The van der Waals surface area contributed by atoms with E-state index in [9.17, 15) is 4.79 Å². The van der Waals surface area contributed by atoms with Crippen LogP contribution in [0.3, 0.4) is 0 Å². The first-order valence-electron chi connectivity index (χ1n) is 9.27. The highest BCUT2D eigenvalue weighted by molar-refractivity contribution is 6.30. The molecule has 1 aromatic carbocycles. The van der Waals surface area contributed by atoms with Crippen molar-refractivity contribution in [1.82, 2.24) is 14.5 Å². The molecule has 0 atom stereocenters. The molecule has 0 unspecified atom stereocenters. The zero-order valence-corrected chi connectivity index (χ0v) is 16.4. The molecule has 0 bridgehead atoms. The second-order valence-electron chi connectivity index (χ2n) is 6.71. The standard InChI is InChI=1S/C20H26ClN5O/c1-23(22-20-8-2-3-11-26(20)17-27)9-5-10-24-12-14-25(15-13-24)19-7-4-6-18(21)16-19/h2-4,6-8,11,16-17H,5,9-10,12-15H2,1H3/b22-20-. The molecule has 0 N–H and O–H groups in total. The summed E-state index contributed by atoms with van der Waals surface area (Å²) in [4.78, 5) is 15.9. The van der Waals surface area contributed by atoms with Crippen LogP contribution in [0.1, 0.15) is 6.42 Å². The molecule has 1 saturated heterocycles. The van der Waals surface area contributed by atoms with Crippen LogP contribution in [0.4, 0.5) is 5.69 Å². The number of hydrogen-bond donors (Lipinski definition) is 0. The summed E-state index contributed by atoms with van der Waals surface area (Å²) in [6.45, 7) is 6.04. The zero-order valence-electron chi connectivity index (χ0n) is 15.7. The minimum atomic E-state index is 0.644. The van der Waals surface area contributed by atoms with Gasteiger partial charge >= 0.3 is 0 Å². The van der Waals surface area contributed by atoms with E-state index in [0.717, 1.165) is 57.1 Å². The van der Waals surface area contributed by atoms with Crippen molar-refractivity contribution in [3.8, 4) is 0 Å². The SMILES string of the molecule is CN(CCCN1CCN(c2cccc(Cl)c2)CC1)/N=c1/ccccn1C=O. The molecule has 1 fully saturated rings. The Labute approximate surface area is 165 Å². The van der Waals surface area contributed by atoms with Crippen molar-refractivity contribution in [2.24, 2.45) is 5.10 Å². The van der Waals surface area contributed by atoms with Crippen molar-refractivity contribution in [2.45, 2.75) is 6.42 Å². The number of carbonyl (C=O) groups is 1. The van der Waals surface area contributed by atoms with E-state index in [2.05, 4.69) is 21.0 Å². The summed E-state index contributed by atoms with van der Waals surface area (Å²) >= 11 is 6.10. The van der Waals surface area contributed by atoms with Gasteiger partial charge in [0.1, 0.15) is 0 Å². The number of piperazine rings is 1. The van der Waals surface area contributed by atoms with Gasteiger partial charge in [0.2, 0.25) is 6.41 Å². The topological polar surface area (TPSA) is 44.1 Å². The molecule has 1 aliphatic rings. The van der Waals surface area contributed by atoms with Crippen molar-refractivity contribution < 1.29 is 4.79 Å². The van der Waals surface area contributed by atoms with Crippen molar-refractivity contribution >= 4 is 23.7 Å². The lowest BCUT2D eigenvalue weighted by Gasteiger charge is -2.36. The number of pyridine rings is 1. The van der Waals surface area contributed by atoms with E-state index in [1.165, 1.54) is 10.3 Å². The van der Waals surface area contributed by atoms with Crippen LogP contribution in [-0.2, 0) is 4.79 Å². The molecule has 0 aliphatic carbocycles. The highest BCUT2D eigenvalue weighted by Crippen LogP contribution is 2.20. The molecule has 1 aliphatic heterocycles. The van der Waals surface area contributed by atoms with E-state index in [4.69, 9.17) is 11.6 Å². The highest BCUT2D eigenvalue weighted by atomic mass is 35.5. The summed E-state index contributed by atoms with van der Waals surface area (Å²) in [6.07, 6.45) is 3.51. The summed E-state index contributed by atoms with van der Waals surface area (Å²) < 4.78 is 1.48. The minimum Gasteiger partial charge on any atom is -0.369 e. The molecule has 27 heavy (non-hydrogen) atoms. The summed E-state index contributed by atoms with van der Waals surface area (Å²) in [5.74, 6) is 0. The lowest BCUT2D eigenvalue weighted by molar-refractivity contribution is 0.234. The molecule has 0 spiro atoms. The minimum absolute atomic E-state index is 0.644. The van der Waals surface area contributed by atoms with Gasteiger partial charge in [-0.2, -0.15) is 5.10 Å². The van der Waals surface area contributed by atoms with Gasteiger partial charge in [0.25, 0.3) is 0 Å². The first kappa shape index (κ1) is 19.5. The quantitative estimate of drug-likeness (QED) is 0.539. The molecule has 6 nitrogen and oxygen atoms in total. The second kappa shape index (κ2) is 9.58. The number of carbonyl (C=O) groups excluding carboxylic acids is 1. The van der Waals surface area contributed by atoms with Gasteiger partial charge in [0, 0.05) is 63.2 Å². The number of benzene rings is 1. The lowest BCUT2D eigenvalue weighted by atomic mass is 10.2. The van der Waals surface area contributed by atoms with E-state index in [0.29, 0.717) is 5.49 Å².